The zero-order valence-electron chi connectivity index (χ0n) is 14.7. The molecule has 0 bridgehead atoms. The highest BCUT2D eigenvalue weighted by Gasteiger charge is 2.23. The molecule has 4 heteroatoms. The van der Waals surface area contributed by atoms with Crippen LogP contribution < -0.4 is 5.32 Å². The molecule has 4 nitrogen and oxygen atoms in total. The molecule has 0 spiro atoms. The van der Waals surface area contributed by atoms with Gasteiger partial charge in [0.15, 0.2) is 0 Å². The van der Waals surface area contributed by atoms with E-state index in [0.717, 1.165) is 37.4 Å². The first-order valence-corrected chi connectivity index (χ1v) is 8.83. The van der Waals surface area contributed by atoms with Gasteiger partial charge >= 0.3 is 0 Å². The fourth-order valence-electron chi connectivity index (χ4n) is 3.46. The van der Waals surface area contributed by atoms with Crippen LogP contribution >= 0.6 is 0 Å². The molecule has 1 N–H and O–H groups in total. The molecule has 24 heavy (non-hydrogen) atoms. The standard InChI is InChI=1S/C20H27N3O/c1-16-11-12-19(22(16)2)20(24)21-14-18-10-6-7-13-23(18)15-17-8-4-3-5-9-17/h3-5,8-9,11-12,18H,6-7,10,13-15H2,1-2H3,(H,21,24). The predicted octanol–water partition coefficient (Wildman–Crippen LogP) is 3.12. The van der Waals surface area contributed by atoms with Crippen molar-refractivity contribution >= 4 is 5.91 Å². The third kappa shape index (κ3) is 3.88. The van der Waals surface area contributed by atoms with Gasteiger partial charge in [-0.1, -0.05) is 36.8 Å². The second-order valence-electron chi connectivity index (χ2n) is 6.73. The lowest BCUT2D eigenvalue weighted by Crippen LogP contribution is -2.46. The van der Waals surface area contributed by atoms with E-state index in [4.69, 9.17) is 0 Å². The maximum absolute atomic E-state index is 12.4. The van der Waals surface area contributed by atoms with Crippen molar-refractivity contribution in [2.75, 3.05) is 13.1 Å². The van der Waals surface area contributed by atoms with Crippen molar-refractivity contribution in [3.8, 4) is 0 Å². The van der Waals surface area contributed by atoms with Gasteiger partial charge in [-0.15, -0.1) is 0 Å². The van der Waals surface area contributed by atoms with Crippen molar-refractivity contribution in [3.05, 3.63) is 59.4 Å². The van der Waals surface area contributed by atoms with Crippen molar-refractivity contribution in [2.45, 2.75) is 38.8 Å². The summed E-state index contributed by atoms with van der Waals surface area (Å²) in [5, 5.41) is 3.14. The van der Waals surface area contributed by atoms with Crippen LogP contribution in [0, 0.1) is 6.92 Å². The summed E-state index contributed by atoms with van der Waals surface area (Å²) in [6.45, 7) is 4.80. The number of aryl methyl sites for hydroxylation is 1. The fraction of sp³-hybridized carbons (Fsp3) is 0.450. The van der Waals surface area contributed by atoms with Gasteiger partial charge in [-0.05, 0) is 44.0 Å². The number of rotatable bonds is 5. The first kappa shape index (κ1) is 16.8. The summed E-state index contributed by atoms with van der Waals surface area (Å²) >= 11 is 0. The molecule has 1 aliphatic heterocycles. The molecule has 1 fully saturated rings. The highest BCUT2D eigenvalue weighted by Crippen LogP contribution is 2.19. The topological polar surface area (TPSA) is 37.3 Å². The van der Waals surface area contributed by atoms with E-state index in [1.165, 1.54) is 18.4 Å². The summed E-state index contributed by atoms with van der Waals surface area (Å²) in [5.41, 5.74) is 3.18. The lowest BCUT2D eigenvalue weighted by Gasteiger charge is -2.35. The second-order valence-corrected chi connectivity index (χ2v) is 6.73. The Bertz CT molecular complexity index is 677. The molecule has 0 radical (unpaired) electrons. The quantitative estimate of drug-likeness (QED) is 0.917. The smallest absolute Gasteiger partial charge is 0.267 e. The van der Waals surface area contributed by atoms with Gasteiger partial charge in [0.1, 0.15) is 5.69 Å². The molecular formula is C20H27N3O. The van der Waals surface area contributed by atoms with Crippen LogP contribution in [-0.4, -0.2) is 34.5 Å². The van der Waals surface area contributed by atoms with Gasteiger partial charge in [-0.2, -0.15) is 0 Å². The molecule has 1 aromatic carbocycles. The third-order valence-electron chi connectivity index (χ3n) is 5.08. The number of amides is 1. The summed E-state index contributed by atoms with van der Waals surface area (Å²) in [4.78, 5) is 14.9. The van der Waals surface area contributed by atoms with E-state index in [-0.39, 0.29) is 5.91 Å². The largest absolute Gasteiger partial charge is 0.349 e. The van der Waals surface area contributed by atoms with E-state index in [1.54, 1.807) is 0 Å². The molecule has 1 saturated heterocycles. The van der Waals surface area contributed by atoms with Crippen LogP contribution in [0.25, 0.3) is 0 Å². The van der Waals surface area contributed by atoms with Crippen LogP contribution in [0.4, 0.5) is 0 Å². The molecular weight excluding hydrogens is 298 g/mol. The number of aromatic nitrogens is 1. The number of carbonyl (C=O) groups is 1. The van der Waals surface area contributed by atoms with Crippen molar-refractivity contribution in [2.24, 2.45) is 7.05 Å². The Balaban J connectivity index is 1.59. The maximum atomic E-state index is 12.4. The highest BCUT2D eigenvalue weighted by molar-refractivity contribution is 5.92. The normalized spacial score (nSPS) is 18.5. The van der Waals surface area contributed by atoms with Crippen molar-refractivity contribution < 1.29 is 4.79 Å². The number of likely N-dealkylation sites (tertiary alicyclic amines) is 1. The monoisotopic (exact) mass is 325 g/mol. The summed E-state index contributed by atoms with van der Waals surface area (Å²) in [6.07, 6.45) is 3.64. The Kier molecular flexibility index (Phi) is 5.36. The molecule has 128 valence electrons. The Morgan fingerprint density at radius 1 is 1.17 bits per heavy atom. The van der Waals surface area contributed by atoms with E-state index in [0.29, 0.717) is 6.04 Å². The minimum Gasteiger partial charge on any atom is -0.349 e. The maximum Gasteiger partial charge on any atom is 0.267 e. The van der Waals surface area contributed by atoms with Crippen LogP contribution in [0.3, 0.4) is 0 Å². The number of piperidine rings is 1. The van der Waals surface area contributed by atoms with E-state index < -0.39 is 0 Å². The molecule has 1 aromatic heterocycles. The number of benzene rings is 1. The summed E-state index contributed by atoms with van der Waals surface area (Å²) in [5.74, 6) is 0.0239. The number of carbonyl (C=O) groups excluding carboxylic acids is 1. The minimum absolute atomic E-state index is 0.0239. The van der Waals surface area contributed by atoms with E-state index in [9.17, 15) is 4.79 Å². The molecule has 2 heterocycles. The van der Waals surface area contributed by atoms with Gasteiger partial charge < -0.3 is 9.88 Å². The molecule has 1 amide bonds. The molecule has 1 atom stereocenters. The lowest BCUT2D eigenvalue weighted by atomic mass is 10.0. The summed E-state index contributed by atoms with van der Waals surface area (Å²) < 4.78 is 1.94. The van der Waals surface area contributed by atoms with Crippen LogP contribution in [-0.2, 0) is 13.6 Å². The van der Waals surface area contributed by atoms with Crippen LogP contribution in [0.1, 0.15) is 41.0 Å². The van der Waals surface area contributed by atoms with Crippen molar-refractivity contribution in [1.82, 2.24) is 14.8 Å². The van der Waals surface area contributed by atoms with Gasteiger partial charge in [0.2, 0.25) is 0 Å². The Morgan fingerprint density at radius 2 is 1.96 bits per heavy atom. The van der Waals surface area contributed by atoms with Crippen molar-refractivity contribution in [3.63, 3.8) is 0 Å². The van der Waals surface area contributed by atoms with Crippen LogP contribution in [0.15, 0.2) is 42.5 Å². The first-order chi connectivity index (χ1) is 11.6. The minimum atomic E-state index is 0.0239. The molecule has 0 saturated carbocycles. The molecule has 1 unspecified atom stereocenters. The average Bonchev–Trinajstić information content (AvgIpc) is 2.94. The lowest BCUT2D eigenvalue weighted by molar-refractivity contribution is 0.0899. The molecule has 3 rings (SSSR count). The number of hydrogen-bond donors (Lipinski definition) is 1. The van der Waals surface area contributed by atoms with Crippen LogP contribution in [0.2, 0.25) is 0 Å². The predicted molar refractivity (Wildman–Crippen MR) is 97.0 cm³/mol. The molecule has 2 aromatic rings. The van der Waals surface area contributed by atoms with Gasteiger partial charge in [-0.25, -0.2) is 0 Å². The highest BCUT2D eigenvalue weighted by atomic mass is 16.1. The first-order valence-electron chi connectivity index (χ1n) is 8.83. The van der Waals surface area contributed by atoms with Gasteiger partial charge in [-0.3, -0.25) is 9.69 Å². The Morgan fingerprint density at radius 3 is 2.67 bits per heavy atom. The SMILES string of the molecule is Cc1ccc(C(=O)NCC2CCCCN2Cc2ccccc2)n1C. The van der Waals surface area contributed by atoms with Gasteiger partial charge in [0, 0.05) is 31.9 Å². The van der Waals surface area contributed by atoms with Crippen molar-refractivity contribution in [1.29, 1.82) is 0 Å². The van der Waals surface area contributed by atoms with Gasteiger partial charge in [0.05, 0.1) is 0 Å². The fourth-order valence-corrected chi connectivity index (χ4v) is 3.46. The number of nitrogens with zero attached hydrogens (tertiary/aromatic N) is 2. The van der Waals surface area contributed by atoms with Crippen LogP contribution in [0.5, 0.6) is 0 Å². The number of nitrogens with one attached hydrogen (secondary N) is 1. The third-order valence-corrected chi connectivity index (χ3v) is 5.08. The van der Waals surface area contributed by atoms with Gasteiger partial charge in [0.25, 0.3) is 5.91 Å². The van der Waals surface area contributed by atoms with E-state index >= 15 is 0 Å². The molecule has 0 aliphatic carbocycles. The summed E-state index contributed by atoms with van der Waals surface area (Å²) in [7, 11) is 1.94. The van der Waals surface area contributed by atoms with E-state index in [1.807, 2.05) is 30.7 Å². The Labute approximate surface area is 144 Å². The average molecular weight is 325 g/mol. The summed E-state index contributed by atoms with van der Waals surface area (Å²) in [6, 6.07) is 14.9. The van der Waals surface area contributed by atoms with E-state index in [2.05, 4.69) is 40.5 Å². The number of hydrogen-bond acceptors (Lipinski definition) is 2. The zero-order valence-corrected chi connectivity index (χ0v) is 14.7. The zero-order chi connectivity index (χ0) is 16.9. The Hall–Kier alpha value is -2.07. The molecule has 1 aliphatic rings. The second kappa shape index (κ2) is 7.67.